The van der Waals surface area contributed by atoms with E-state index in [0.717, 1.165) is 15.6 Å². The molecule has 2 saturated carbocycles. The monoisotopic (exact) mass is 534 g/mol. The molecule has 0 amide bonds. The zero-order chi connectivity index (χ0) is 26.2. The number of hydrogen-bond donors (Lipinski definition) is 6. The van der Waals surface area contributed by atoms with Crippen molar-refractivity contribution in [3.8, 4) is 10.6 Å². The van der Waals surface area contributed by atoms with Crippen LogP contribution >= 0.6 is 11.3 Å². The van der Waals surface area contributed by atoms with Gasteiger partial charge in [-0.25, -0.2) is 14.4 Å². The van der Waals surface area contributed by atoms with Crippen LogP contribution in [0.4, 0.5) is 16.2 Å². The van der Waals surface area contributed by atoms with Crippen molar-refractivity contribution in [3.63, 3.8) is 0 Å². The molecule has 2 fully saturated rings. The van der Waals surface area contributed by atoms with Crippen molar-refractivity contribution in [2.24, 2.45) is 5.92 Å². The first-order valence-corrected chi connectivity index (χ1v) is 12.9. The van der Waals surface area contributed by atoms with Crippen molar-refractivity contribution in [2.45, 2.75) is 43.7 Å². The minimum atomic E-state index is -1.51. The van der Waals surface area contributed by atoms with E-state index in [2.05, 4.69) is 35.8 Å². The highest BCUT2D eigenvalue weighted by Gasteiger charge is 2.74. The molecule has 5 atom stereocenters. The number of aromatic nitrogens is 6. The Bertz CT molecular complexity index is 1680. The number of thiazole rings is 1. The molecule has 6 N–H and O–H groups in total. The van der Waals surface area contributed by atoms with E-state index in [-0.39, 0.29) is 18.3 Å². The maximum absolute atomic E-state index is 14.6. The Kier molecular flexibility index (Phi) is 5.14. The highest BCUT2D eigenvalue weighted by Crippen LogP contribution is 2.56. The Balaban J connectivity index is 1.24. The molecule has 13 heteroatoms. The summed E-state index contributed by atoms with van der Waals surface area (Å²) in [6.07, 6.45) is 3.30. The summed E-state index contributed by atoms with van der Waals surface area (Å²) in [7, 11) is 0. The van der Waals surface area contributed by atoms with Crippen molar-refractivity contribution in [1.29, 1.82) is 0 Å². The fraction of sp³-hybridized carbons (Fsp3) is 0.320. The van der Waals surface area contributed by atoms with E-state index in [9.17, 15) is 19.7 Å². The number of anilines is 2. The molecule has 11 nitrogen and oxygen atoms in total. The SMILES string of the molecule is Cc1nc(NCc2cc3cn[nH]c3cc2F)nc(N[C@@H]2C[C@@H]3C(O)[C@]3(O)[C@H]2O)c1-c1nc2cnccc2s1. The van der Waals surface area contributed by atoms with Crippen LogP contribution in [0.3, 0.4) is 0 Å². The number of rotatable bonds is 6. The molecule has 7 rings (SSSR count). The highest BCUT2D eigenvalue weighted by molar-refractivity contribution is 7.21. The first-order chi connectivity index (χ1) is 18.3. The van der Waals surface area contributed by atoms with Gasteiger partial charge in [0.2, 0.25) is 5.95 Å². The summed E-state index contributed by atoms with van der Waals surface area (Å²) in [6.45, 7) is 1.97. The van der Waals surface area contributed by atoms with E-state index >= 15 is 0 Å². The number of halogens is 1. The number of aliphatic hydroxyl groups excluding tert-OH is 2. The molecule has 4 heterocycles. The van der Waals surface area contributed by atoms with Crippen LogP contribution in [0, 0.1) is 18.7 Å². The maximum Gasteiger partial charge on any atom is 0.225 e. The van der Waals surface area contributed by atoms with Gasteiger partial charge in [-0.1, -0.05) is 0 Å². The third-order valence-corrected chi connectivity index (χ3v) is 8.62. The predicted molar refractivity (Wildman–Crippen MR) is 139 cm³/mol. The largest absolute Gasteiger partial charge is 0.390 e. The van der Waals surface area contributed by atoms with Crippen LogP contribution in [0.25, 0.3) is 31.7 Å². The molecule has 0 bridgehead atoms. The van der Waals surface area contributed by atoms with Crippen LogP contribution < -0.4 is 10.6 Å². The molecule has 2 aliphatic carbocycles. The van der Waals surface area contributed by atoms with E-state index in [0.29, 0.717) is 39.6 Å². The highest BCUT2D eigenvalue weighted by atomic mass is 32.1. The summed E-state index contributed by atoms with van der Waals surface area (Å²) >= 11 is 1.46. The van der Waals surface area contributed by atoms with Gasteiger partial charge in [0, 0.05) is 29.6 Å². The summed E-state index contributed by atoms with van der Waals surface area (Å²) < 4.78 is 15.6. The number of aliphatic hydroxyl groups is 3. The second-order valence-electron chi connectivity index (χ2n) is 9.84. The maximum atomic E-state index is 14.6. The Morgan fingerprint density at radius 1 is 1.18 bits per heavy atom. The van der Waals surface area contributed by atoms with E-state index < -0.39 is 29.8 Å². The normalized spacial score (nSPS) is 26.1. The average Bonchev–Trinajstić information content (AvgIpc) is 3.35. The van der Waals surface area contributed by atoms with E-state index in [1.165, 1.54) is 17.4 Å². The van der Waals surface area contributed by atoms with Gasteiger partial charge in [-0.15, -0.1) is 11.3 Å². The molecule has 0 saturated heterocycles. The number of nitrogens with one attached hydrogen (secondary N) is 3. The lowest BCUT2D eigenvalue weighted by atomic mass is 10.1. The van der Waals surface area contributed by atoms with E-state index in [1.807, 2.05) is 13.0 Å². The molecule has 0 spiro atoms. The molecule has 194 valence electrons. The molecule has 2 aliphatic rings. The van der Waals surface area contributed by atoms with Gasteiger partial charge in [0.25, 0.3) is 0 Å². The van der Waals surface area contributed by atoms with Crippen molar-refractivity contribution in [3.05, 3.63) is 53.9 Å². The summed E-state index contributed by atoms with van der Waals surface area (Å²) in [6, 6.07) is 4.46. The molecular weight excluding hydrogens is 511 g/mol. The summed E-state index contributed by atoms with van der Waals surface area (Å²) in [5.41, 5.74) is 1.55. The quantitative estimate of drug-likeness (QED) is 0.190. The molecule has 1 unspecified atom stereocenters. The topological polar surface area (TPSA) is 165 Å². The molecule has 1 aromatic carbocycles. The second-order valence-corrected chi connectivity index (χ2v) is 10.9. The lowest BCUT2D eigenvalue weighted by Crippen LogP contribution is -2.42. The number of benzene rings is 1. The zero-order valence-corrected chi connectivity index (χ0v) is 20.9. The van der Waals surface area contributed by atoms with Crippen LogP contribution in [-0.2, 0) is 6.54 Å². The second kappa shape index (κ2) is 8.36. The van der Waals surface area contributed by atoms with Crippen LogP contribution in [-0.4, -0.2) is 69.3 Å². The van der Waals surface area contributed by atoms with Crippen molar-refractivity contribution >= 4 is 44.2 Å². The van der Waals surface area contributed by atoms with Gasteiger partial charge in [0.15, 0.2) is 0 Å². The van der Waals surface area contributed by atoms with Crippen molar-refractivity contribution < 1.29 is 19.7 Å². The first kappa shape index (κ1) is 23.3. The molecule has 38 heavy (non-hydrogen) atoms. The van der Waals surface area contributed by atoms with E-state index in [4.69, 9.17) is 4.98 Å². The summed E-state index contributed by atoms with van der Waals surface area (Å²) in [4.78, 5) is 18.1. The van der Waals surface area contributed by atoms with Gasteiger partial charge < -0.3 is 26.0 Å². The Labute approximate surface area is 218 Å². The van der Waals surface area contributed by atoms with Crippen LogP contribution in [0.15, 0.2) is 36.8 Å². The zero-order valence-electron chi connectivity index (χ0n) is 20.1. The third-order valence-electron chi connectivity index (χ3n) is 7.56. The molecule has 5 aromatic rings. The van der Waals surface area contributed by atoms with Gasteiger partial charge >= 0.3 is 0 Å². The molecule has 4 aromatic heterocycles. The fourth-order valence-corrected chi connectivity index (χ4v) is 6.45. The van der Waals surface area contributed by atoms with Crippen LogP contribution in [0.5, 0.6) is 0 Å². The van der Waals surface area contributed by atoms with Crippen molar-refractivity contribution in [2.75, 3.05) is 10.6 Å². The molecule has 0 radical (unpaired) electrons. The Hall–Kier alpha value is -3.78. The van der Waals surface area contributed by atoms with Gasteiger partial charge in [0.1, 0.15) is 33.9 Å². The average molecular weight is 535 g/mol. The number of H-pyrrole nitrogens is 1. The van der Waals surface area contributed by atoms with E-state index in [1.54, 1.807) is 24.7 Å². The summed E-state index contributed by atoms with van der Waals surface area (Å²) in [5, 5.41) is 45.9. The lowest BCUT2D eigenvalue weighted by molar-refractivity contribution is -0.0262. The van der Waals surface area contributed by atoms with Gasteiger partial charge in [0.05, 0.1) is 46.0 Å². The van der Waals surface area contributed by atoms with Gasteiger partial charge in [-0.2, -0.15) is 10.1 Å². The van der Waals surface area contributed by atoms with Gasteiger partial charge in [-0.05, 0) is 31.5 Å². The molecule has 0 aliphatic heterocycles. The Morgan fingerprint density at radius 2 is 2.05 bits per heavy atom. The molecular formula is C25H23FN8O3S. The number of aryl methyl sites for hydroxylation is 1. The minimum absolute atomic E-state index is 0.137. The first-order valence-electron chi connectivity index (χ1n) is 12.1. The number of pyridine rings is 1. The van der Waals surface area contributed by atoms with Gasteiger partial charge in [-0.3, -0.25) is 10.1 Å². The Morgan fingerprint density at radius 3 is 2.84 bits per heavy atom. The van der Waals surface area contributed by atoms with Crippen LogP contribution in [0.1, 0.15) is 17.7 Å². The minimum Gasteiger partial charge on any atom is -0.390 e. The van der Waals surface area contributed by atoms with Crippen molar-refractivity contribution in [1.82, 2.24) is 30.1 Å². The smallest absolute Gasteiger partial charge is 0.225 e. The standard InChI is InChI=1S/C25H23FN8O3S/c1-10-19(23-32-17-9-27-3-2-18(17)38-23)22(31-16-5-13-20(35)25(13,37)21(16)36)33-24(30-10)28-7-11-4-12-8-29-34-15(12)6-14(11)26/h2-4,6,8-9,13,16,20-21,35-37H,5,7H2,1H3,(H,29,34)(H2,28,30,31,33)/t13-,16-,20?,21+,25+/m1/s1. The number of hydrogen-bond acceptors (Lipinski definition) is 11. The summed E-state index contributed by atoms with van der Waals surface area (Å²) in [5.74, 6) is -0.0988. The lowest BCUT2D eigenvalue weighted by Gasteiger charge is -2.25. The third kappa shape index (κ3) is 3.54. The fourth-order valence-electron chi connectivity index (χ4n) is 5.42. The predicted octanol–water partition coefficient (Wildman–Crippen LogP) is 2.35. The number of aromatic amines is 1. The number of fused-ring (bicyclic) bond motifs is 3. The van der Waals surface area contributed by atoms with Crippen LogP contribution in [0.2, 0.25) is 0 Å². The number of nitrogens with zero attached hydrogens (tertiary/aromatic N) is 5.